The molecule has 1 aliphatic rings. The lowest BCUT2D eigenvalue weighted by Gasteiger charge is -2.21. The van der Waals surface area contributed by atoms with E-state index in [4.69, 9.17) is 14.5 Å². The second-order valence-corrected chi connectivity index (χ2v) is 8.83. The number of nitrogens with one attached hydrogen (secondary N) is 2. The van der Waals surface area contributed by atoms with E-state index in [2.05, 4.69) is 10.6 Å². The average Bonchev–Trinajstić information content (AvgIpc) is 3.23. The number of nitrogens with zero attached hydrogens (tertiary/aromatic N) is 2. The molecule has 2 amide bonds. The van der Waals surface area contributed by atoms with Gasteiger partial charge >= 0.3 is 0 Å². The van der Waals surface area contributed by atoms with Crippen LogP contribution in [-0.2, 0) is 9.59 Å². The van der Waals surface area contributed by atoms with Gasteiger partial charge in [0.15, 0.2) is 11.5 Å². The number of ether oxygens (including phenoxy) is 2. The van der Waals surface area contributed by atoms with E-state index in [1.807, 2.05) is 87.6 Å². The fourth-order valence-electron chi connectivity index (χ4n) is 4.52. The number of anilines is 2. The number of hydrogen-bond donors (Lipinski definition) is 2. The van der Waals surface area contributed by atoms with Crippen molar-refractivity contribution in [2.75, 3.05) is 43.6 Å². The molecule has 1 heterocycles. The molecule has 0 fully saturated rings. The first-order valence-electron chi connectivity index (χ1n) is 12.9. The molecule has 1 atom stereocenters. The maximum absolute atomic E-state index is 13.4. The van der Waals surface area contributed by atoms with Crippen molar-refractivity contribution in [3.63, 3.8) is 0 Å². The predicted octanol–water partition coefficient (Wildman–Crippen LogP) is 4.91. The highest BCUT2D eigenvalue weighted by Crippen LogP contribution is 2.43. The van der Waals surface area contributed by atoms with Crippen molar-refractivity contribution in [3.8, 4) is 11.5 Å². The highest BCUT2D eigenvalue weighted by atomic mass is 16.5. The summed E-state index contributed by atoms with van der Waals surface area (Å²) in [5, 5.41) is 6.08. The lowest BCUT2D eigenvalue weighted by Crippen LogP contribution is -2.34. The highest BCUT2D eigenvalue weighted by Gasteiger charge is 2.37. The lowest BCUT2D eigenvalue weighted by atomic mass is 9.90. The van der Waals surface area contributed by atoms with Crippen LogP contribution >= 0.6 is 0 Å². The molecular weight excluding hydrogens is 480 g/mol. The molecule has 1 unspecified atom stereocenters. The van der Waals surface area contributed by atoms with E-state index in [-0.39, 0.29) is 11.8 Å². The van der Waals surface area contributed by atoms with Gasteiger partial charge in [-0.2, -0.15) is 0 Å². The summed E-state index contributed by atoms with van der Waals surface area (Å²) < 4.78 is 11.6. The lowest BCUT2D eigenvalue weighted by molar-refractivity contribution is -0.117. The monoisotopic (exact) mass is 514 g/mol. The molecule has 0 aromatic heterocycles. The Morgan fingerprint density at radius 2 is 1.66 bits per heavy atom. The van der Waals surface area contributed by atoms with Crippen LogP contribution in [0.1, 0.15) is 37.8 Å². The van der Waals surface area contributed by atoms with Gasteiger partial charge in [-0.15, -0.1) is 0 Å². The van der Waals surface area contributed by atoms with Crippen LogP contribution in [0.2, 0.25) is 0 Å². The molecule has 0 spiro atoms. The van der Waals surface area contributed by atoms with Crippen LogP contribution in [0.25, 0.3) is 0 Å². The zero-order valence-corrected chi connectivity index (χ0v) is 22.3. The summed E-state index contributed by atoms with van der Waals surface area (Å²) in [4.78, 5) is 32.2. The number of carbonyl (C=O) groups excluding carboxylic acids is 2. The topological polar surface area (TPSA) is 92.3 Å². The second-order valence-electron chi connectivity index (χ2n) is 8.83. The van der Waals surface area contributed by atoms with Crippen molar-refractivity contribution in [2.45, 2.75) is 26.7 Å². The maximum Gasteiger partial charge on any atom is 0.238 e. The SMILES string of the molecule is CCOc1cc2c(cc1OCC)C(C(=Nc1ccc(N(CCNC)C(C)=O)cc1)c1ccccc1)C(=O)N2. The largest absolute Gasteiger partial charge is 0.490 e. The first-order chi connectivity index (χ1) is 18.5. The van der Waals surface area contributed by atoms with Gasteiger partial charge in [-0.3, -0.25) is 14.6 Å². The normalized spacial score (nSPS) is 14.6. The van der Waals surface area contributed by atoms with Gasteiger partial charge in [0, 0.05) is 37.5 Å². The average molecular weight is 515 g/mol. The zero-order chi connectivity index (χ0) is 27.1. The third kappa shape index (κ3) is 5.86. The zero-order valence-electron chi connectivity index (χ0n) is 22.3. The molecule has 3 aromatic carbocycles. The summed E-state index contributed by atoms with van der Waals surface area (Å²) in [5.74, 6) is 0.363. The van der Waals surface area contributed by atoms with Gasteiger partial charge in [-0.25, -0.2) is 0 Å². The van der Waals surface area contributed by atoms with E-state index < -0.39 is 5.92 Å². The number of likely N-dealkylation sites (N-methyl/N-ethyl adjacent to an activating group) is 1. The van der Waals surface area contributed by atoms with Crippen molar-refractivity contribution >= 4 is 34.6 Å². The molecule has 3 aromatic rings. The van der Waals surface area contributed by atoms with Gasteiger partial charge < -0.3 is 25.0 Å². The van der Waals surface area contributed by atoms with Gasteiger partial charge in [0.2, 0.25) is 11.8 Å². The highest BCUT2D eigenvalue weighted by molar-refractivity contribution is 6.24. The Hall–Kier alpha value is -4.17. The van der Waals surface area contributed by atoms with Crippen molar-refractivity contribution in [2.24, 2.45) is 4.99 Å². The van der Waals surface area contributed by atoms with Crippen LogP contribution in [0.5, 0.6) is 11.5 Å². The summed E-state index contributed by atoms with van der Waals surface area (Å²) in [5.41, 5.74) is 4.42. The quantitative estimate of drug-likeness (QED) is 0.355. The van der Waals surface area contributed by atoms with Crippen LogP contribution in [-0.4, -0.2) is 50.9 Å². The molecule has 2 N–H and O–H groups in total. The minimum atomic E-state index is -0.633. The Balaban J connectivity index is 1.77. The number of rotatable bonds is 11. The number of benzene rings is 3. The molecule has 0 radical (unpaired) electrons. The Labute approximate surface area is 223 Å². The Kier molecular flexibility index (Phi) is 8.76. The molecule has 8 nitrogen and oxygen atoms in total. The molecule has 38 heavy (non-hydrogen) atoms. The van der Waals surface area contributed by atoms with Gasteiger partial charge in [-0.1, -0.05) is 30.3 Å². The van der Waals surface area contributed by atoms with Crippen LogP contribution in [0.3, 0.4) is 0 Å². The molecule has 0 bridgehead atoms. The van der Waals surface area contributed by atoms with E-state index in [1.165, 1.54) is 0 Å². The van der Waals surface area contributed by atoms with E-state index in [0.717, 1.165) is 16.8 Å². The van der Waals surface area contributed by atoms with Crippen LogP contribution < -0.4 is 25.0 Å². The summed E-state index contributed by atoms with van der Waals surface area (Å²) in [7, 11) is 1.85. The molecule has 198 valence electrons. The van der Waals surface area contributed by atoms with Crippen molar-refractivity contribution in [1.82, 2.24) is 5.32 Å². The fourth-order valence-corrected chi connectivity index (χ4v) is 4.52. The maximum atomic E-state index is 13.4. The number of hydrogen-bond acceptors (Lipinski definition) is 6. The fraction of sp³-hybridized carbons (Fsp3) is 0.300. The molecule has 4 rings (SSSR count). The van der Waals surface area contributed by atoms with Crippen molar-refractivity contribution < 1.29 is 19.1 Å². The van der Waals surface area contributed by atoms with E-state index >= 15 is 0 Å². The summed E-state index contributed by atoms with van der Waals surface area (Å²) in [6.45, 7) is 7.58. The molecule has 8 heteroatoms. The minimum Gasteiger partial charge on any atom is -0.490 e. The third-order valence-electron chi connectivity index (χ3n) is 6.27. The number of aliphatic imine (C=N–C) groups is 1. The van der Waals surface area contributed by atoms with Crippen molar-refractivity contribution in [1.29, 1.82) is 0 Å². The number of amides is 2. The van der Waals surface area contributed by atoms with E-state index in [1.54, 1.807) is 11.8 Å². The molecule has 0 saturated carbocycles. The number of fused-ring (bicyclic) bond motifs is 1. The number of carbonyl (C=O) groups is 2. The van der Waals surface area contributed by atoms with Crippen LogP contribution in [0, 0.1) is 0 Å². The first-order valence-corrected chi connectivity index (χ1v) is 12.9. The molecule has 1 aliphatic heterocycles. The van der Waals surface area contributed by atoms with E-state index in [0.29, 0.717) is 54.9 Å². The van der Waals surface area contributed by atoms with Gasteiger partial charge in [0.25, 0.3) is 0 Å². The summed E-state index contributed by atoms with van der Waals surface area (Å²) >= 11 is 0. The molecule has 0 aliphatic carbocycles. The third-order valence-corrected chi connectivity index (χ3v) is 6.27. The standard InChI is InChI=1S/C30H34N4O4/c1-5-37-26-18-24-25(19-27(26)38-6-2)33-30(36)28(24)29(21-10-8-7-9-11-21)32-22-12-14-23(15-13-22)34(20(3)35)17-16-31-4/h7-15,18-19,28,31H,5-6,16-17H2,1-4H3,(H,33,36). The Morgan fingerprint density at radius 1 is 1.00 bits per heavy atom. The molecule has 0 saturated heterocycles. The molecular formula is C30H34N4O4. The smallest absolute Gasteiger partial charge is 0.238 e. The van der Waals surface area contributed by atoms with Gasteiger partial charge in [-0.05, 0) is 62.4 Å². The van der Waals surface area contributed by atoms with Crippen LogP contribution in [0.15, 0.2) is 71.7 Å². The van der Waals surface area contributed by atoms with Crippen molar-refractivity contribution in [3.05, 3.63) is 77.9 Å². The summed E-state index contributed by atoms with van der Waals surface area (Å²) in [6.07, 6.45) is 0. The summed E-state index contributed by atoms with van der Waals surface area (Å²) in [6, 6.07) is 20.9. The van der Waals surface area contributed by atoms with Gasteiger partial charge in [0.1, 0.15) is 5.92 Å². The second kappa shape index (κ2) is 12.4. The predicted molar refractivity (Wildman–Crippen MR) is 151 cm³/mol. The van der Waals surface area contributed by atoms with Crippen LogP contribution in [0.4, 0.5) is 17.1 Å². The Bertz CT molecular complexity index is 1310. The Morgan fingerprint density at radius 3 is 2.26 bits per heavy atom. The first kappa shape index (κ1) is 26.9. The van der Waals surface area contributed by atoms with E-state index in [9.17, 15) is 9.59 Å². The minimum absolute atomic E-state index is 0.0303. The van der Waals surface area contributed by atoms with Gasteiger partial charge in [0.05, 0.1) is 24.6 Å².